The second kappa shape index (κ2) is 4.23. The molecule has 1 aromatic carbocycles. The number of nitrogen functional groups attached to an aromatic ring is 3. The normalized spacial score (nSPS) is 10.5. The Bertz CT molecular complexity index is 586. The van der Waals surface area contributed by atoms with Crippen molar-refractivity contribution in [1.82, 2.24) is 15.2 Å². The monoisotopic (exact) mass is 270 g/mol. The number of aromatic nitrogens is 3. The molecule has 88 valence electrons. The van der Waals surface area contributed by atoms with E-state index in [1.165, 1.54) is 6.07 Å². The van der Waals surface area contributed by atoms with Crippen LogP contribution in [0.1, 0.15) is 0 Å². The van der Waals surface area contributed by atoms with Gasteiger partial charge in [-0.15, -0.1) is 10.2 Å². The maximum absolute atomic E-state index is 6.04. The lowest BCUT2D eigenvalue weighted by molar-refractivity contribution is 1.000. The van der Waals surface area contributed by atoms with Crippen LogP contribution in [0.3, 0.4) is 0 Å². The van der Waals surface area contributed by atoms with Gasteiger partial charge in [-0.3, -0.25) is 0 Å². The molecule has 0 spiro atoms. The van der Waals surface area contributed by atoms with Crippen LogP contribution in [0.4, 0.5) is 17.5 Å². The fourth-order valence-corrected chi connectivity index (χ4v) is 1.75. The van der Waals surface area contributed by atoms with Gasteiger partial charge in [0, 0.05) is 11.3 Å². The van der Waals surface area contributed by atoms with Gasteiger partial charge in [-0.2, -0.15) is 4.98 Å². The molecule has 6 N–H and O–H groups in total. The van der Waals surface area contributed by atoms with Crippen LogP contribution in [-0.2, 0) is 0 Å². The van der Waals surface area contributed by atoms with Crippen LogP contribution in [0.5, 0.6) is 0 Å². The van der Waals surface area contributed by atoms with Crippen LogP contribution < -0.4 is 17.2 Å². The molecule has 1 aromatic heterocycles. The average molecular weight is 271 g/mol. The predicted octanol–water partition coefficient (Wildman–Crippen LogP) is 1.59. The molecule has 6 nitrogen and oxygen atoms in total. The third kappa shape index (κ3) is 2.17. The van der Waals surface area contributed by atoms with Crippen molar-refractivity contribution in [3.05, 3.63) is 22.2 Å². The third-order valence-electron chi connectivity index (χ3n) is 2.04. The van der Waals surface area contributed by atoms with Gasteiger partial charge in [-0.05, 0) is 12.1 Å². The molecule has 8 heteroatoms. The second-order valence-corrected chi connectivity index (χ2v) is 4.05. The summed E-state index contributed by atoms with van der Waals surface area (Å²) in [7, 11) is 0. The molecular formula is C9H8Cl2N6. The summed E-state index contributed by atoms with van der Waals surface area (Å²) in [5.41, 5.74) is 17.9. The van der Waals surface area contributed by atoms with E-state index < -0.39 is 0 Å². The summed E-state index contributed by atoms with van der Waals surface area (Å²) in [4.78, 5) is 3.79. The minimum Gasteiger partial charge on any atom is -0.399 e. The standard InChI is InChI=1S/C9H8Cl2N6/c10-5-2-3(12)1-4(6(5)11)7-8(13)15-9(14)17-16-7/h1-2H,12H2,(H4,13,14,15,17). The lowest BCUT2D eigenvalue weighted by Crippen LogP contribution is -2.04. The zero-order valence-corrected chi connectivity index (χ0v) is 10.00. The van der Waals surface area contributed by atoms with Crippen molar-refractivity contribution in [2.24, 2.45) is 0 Å². The summed E-state index contributed by atoms with van der Waals surface area (Å²) in [5.74, 6) is 0.0958. The van der Waals surface area contributed by atoms with E-state index in [1.807, 2.05) is 0 Å². The Morgan fingerprint density at radius 2 is 1.71 bits per heavy atom. The quantitative estimate of drug-likeness (QED) is 0.678. The molecule has 0 radical (unpaired) electrons. The topological polar surface area (TPSA) is 117 Å². The number of nitrogens with two attached hydrogens (primary N) is 3. The first-order valence-corrected chi connectivity index (χ1v) is 5.25. The van der Waals surface area contributed by atoms with E-state index >= 15 is 0 Å². The van der Waals surface area contributed by atoms with E-state index in [1.54, 1.807) is 6.07 Å². The summed E-state index contributed by atoms with van der Waals surface area (Å²) in [5, 5.41) is 8.03. The first kappa shape index (κ1) is 11.7. The van der Waals surface area contributed by atoms with Crippen molar-refractivity contribution >= 4 is 40.7 Å². The number of halogens is 2. The first-order chi connectivity index (χ1) is 7.99. The van der Waals surface area contributed by atoms with Gasteiger partial charge in [-0.25, -0.2) is 0 Å². The van der Waals surface area contributed by atoms with Crippen LogP contribution in [-0.4, -0.2) is 15.2 Å². The van der Waals surface area contributed by atoms with Gasteiger partial charge in [0.1, 0.15) is 5.69 Å². The molecule has 17 heavy (non-hydrogen) atoms. The van der Waals surface area contributed by atoms with Gasteiger partial charge in [0.2, 0.25) is 5.95 Å². The zero-order chi connectivity index (χ0) is 12.6. The van der Waals surface area contributed by atoms with E-state index in [9.17, 15) is 0 Å². The Balaban J connectivity index is 2.68. The van der Waals surface area contributed by atoms with Crippen molar-refractivity contribution in [2.75, 3.05) is 17.2 Å². The summed E-state index contributed by atoms with van der Waals surface area (Å²) in [6.07, 6.45) is 0. The highest BCUT2D eigenvalue weighted by Crippen LogP contribution is 2.36. The highest BCUT2D eigenvalue weighted by atomic mass is 35.5. The Morgan fingerprint density at radius 3 is 2.35 bits per heavy atom. The Morgan fingerprint density at radius 1 is 1.00 bits per heavy atom. The van der Waals surface area contributed by atoms with Crippen molar-refractivity contribution in [3.63, 3.8) is 0 Å². The smallest absolute Gasteiger partial charge is 0.242 e. The maximum atomic E-state index is 6.04. The number of anilines is 3. The van der Waals surface area contributed by atoms with Gasteiger partial charge in [0.15, 0.2) is 5.82 Å². The van der Waals surface area contributed by atoms with Gasteiger partial charge in [0.25, 0.3) is 0 Å². The first-order valence-electron chi connectivity index (χ1n) is 4.49. The van der Waals surface area contributed by atoms with Crippen molar-refractivity contribution in [1.29, 1.82) is 0 Å². The van der Waals surface area contributed by atoms with Gasteiger partial charge >= 0.3 is 0 Å². The van der Waals surface area contributed by atoms with E-state index in [0.29, 0.717) is 22.0 Å². The molecule has 1 heterocycles. The molecule has 2 aromatic rings. The fourth-order valence-electron chi connectivity index (χ4n) is 1.33. The fraction of sp³-hybridized carbons (Fsp3) is 0. The number of hydrogen-bond donors (Lipinski definition) is 3. The van der Waals surface area contributed by atoms with Gasteiger partial charge in [0.05, 0.1) is 10.0 Å². The van der Waals surface area contributed by atoms with Gasteiger partial charge in [-0.1, -0.05) is 23.2 Å². The van der Waals surface area contributed by atoms with Crippen LogP contribution in [0, 0.1) is 0 Å². The van der Waals surface area contributed by atoms with E-state index in [2.05, 4.69) is 15.2 Å². The van der Waals surface area contributed by atoms with Crippen molar-refractivity contribution < 1.29 is 0 Å². The molecule has 0 aliphatic carbocycles. The third-order valence-corrected chi connectivity index (χ3v) is 2.84. The van der Waals surface area contributed by atoms with Crippen LogP contribution in [0.15, 0.2) is 12.1 Å². The lowest BCUT2D eigenvalue weighted by atomic mass is 10.1. The van der Waals surface area contributed by atoms with Crippen LogP contribution >= 0.6 is 23.2 Å². The summed E-state index contributed by atoms with van der Waals surface area (Å²) >= 11 is 11.9. The molecule has 0 saturated heterocycles. The summed E-state index contributed by atoms with van der Waals surface area (Å²) in [6, 6.07) is 3.12. The molecule has 0 saturated carbocycles. The number of benzene rings is 1. The number of rotatable bonds is 1. The highest BCUT2D eigenvalue weighted by molar-refractivity contribution is 6.44. The van der Waals surface area contributed by atoms with Crippen molar-refractivity contribution in [2.45, 2.75) is 0 Å². The summed E-state index contributed by atoms with van der Waals surface area (Å²) in [6.45, 7) is 0. The predicted molar refractivity (Wildman–Crippen MR) is 68.5 cm³/mol. The number of nitrogens with zero attached hydrogens (tertiary/aromatic N) is 3. The number of hydrogen-bond acceptors (Lipinski definition) is 6. The van der Waals surface area contributed by atoms with E-state index in [-0.39, 0.29) is 16.8 Å². The molecule has 0 unspecified atom stereocenters. The molecule has 0 aliphatic heterocycles. The largest absolute Gasteiger partial charge is 0.399 e. The molecular weight excluding hydrogens is 263 g/mol. The Labute approximate surface area is 107 Å². The molecule has 0 bridgehead atoms. The summed E-state index contributed by atoms with van der Waals surface area (Å²) < 4.78 is 0. The SMILES string of the molecule is Nc1cc(Cl)c(Cl)c(-c2nnc(N)nc2N)c1. The van der Waals surface area contributed by atoms with Crippen molar-refractivity contribution in [3.8, 4) is 11.3 Å². The van der Waals surface area contributed by atoms with E-state index in [4.69, 9.17) is 40.4 Å². The average Bonchev–Trinajstić information content (AvgIpc) is 2.24. The molecule has 0 amide bonds. The van der Waals surface area contributed by atoms with Gasteiger partial charge < -0.3 is 17.2 Å². The highest BCUT2D eigenvalue weighted by Gasteiger charge is 2.14. The molecule has 0 aliphatic rings. The minimum atomic E-state index is -0.0163. The zero-order valence-electron chi connectivity index (χ0n) is 8.48. The Kier molecular flexibility index (Phi) is 2.91. The van der Waals surface area contributed by atoms with E-state index in [0.717, 1.165) is 0 Å². The molecule has 0 atom stereocenters. The molecule has 0 fully saturated rings. The maximum Gasteiger partial charge on any atom is 0.242 e. The van der Waals surface area contributed by atoms with Crippen LogP contribution in [0.25, 0.3) is 11.3 Å². The minimum absolute atomic E-state index is 0.0163. The molecule has 2 rings (SSSR count). The lowest BCUT2D eigenvalue weighted by Gasteiger charge is -2.08. The second-order valence-electron chi connectivity index (χ2n) is 3.27. The Hall–Kier alpha value is -1.79. The van der Waals surface area contributed by atoms with Crippen LogP contribution in [0.2, 0.25) is 10.0 Å².